The summed E-state index contributed by atoms with van der Waals surface area (Å²) in [6.45, 7) is -0.461. The molecule has 0 aliphatic carbocycles. The van der Waals surface area contributed by atoms with E-state index in [1.165, 1.54) is 67.3 Å². The molecule has 4 aromatic carbocycles. The van der Waals surface area contributed by atoms with Gasteiger partial charge in [-0.15, -0.1) is 0 Å². The molecule has 4 aliphatic rings. The molecule has 12 rings (SSSR count). The Labute approximate surface area is 547 Å². The fourth-order valence-corrected chi connectivity index (χ4v) is 8.37. The van der Waals surface area contributed by atoms with Crippen LogP contribution in [-0.2, 0) is 47.4 Å². The lowest BCUT2D eigenvalue weighted by Gasteiger charge is -2.14. The van der Waals surface area contributed by atoms with Crippen molar-refractivity contribution < 1.29 is 95.7 Å². The number of hydrogen-bond donors (Lipinski definition) is 6. The van der Waals surface area contributed by atoms with E-state index in [9.17, 15) is 38.4 Å². The number of nitrogens with zero attached hydrogens (tertiary/aromatic N) is 8. The monoisotopic (exact) mass is 1350 g/mol. The Morgan fingerprint density at radius 3 is 0.979 bits per heavy atom. The van der Waals surface area contributed by atoms with Gasteiger partial charge in [0.25, 0.3) is 0 Å². The molecule has 4 saturated heterocycles. The number of carbonyl (C=O) groups excluding carboxylic acids is 4. The summed E-state index contributed by atoms with van der Waals surface area (Å²) in [6, 6.07) is 39.7. The lowest BCUT2D eigenvalue weighted by atomic mass is 10.3. The molecular formula is C61H64N12O24. The fraction of sp³-hybridized carbons (Fsp3) is 0.279. The second-order valence-electron chi connectivity index (χ2n) is 19.5. The van der Waals surface area contributed by atoms with Crippen molar-refractivity contribution in [3.05, 3.63) is 212 Å². The van der Waals surface area contributed by atoms with Crippen LogP contribution in [0.2, 0.25) is 0 Å². The van der Waals surface area contributed by atoms with Crippen molar-refractivity contribution in [2.24, 2.45) is 0 Å². The number of carbonyl (C=O) groups is 4. The van der Waals surface area contributed by atoms with Crippen molar-refractivity contribution in [2.75, 3.05) is 75.0 Å². The summed E-state index contributed by atoms with van der Waals surface area (Å²) in [5, 5.41) is 22.5. The normalized spacial score (nSPS) is 19.6. The minimum atomic E-state index is -0.909. The van der Waals surface area contributed by atoms with Gasteiger partial charge in [-0.05, 0) is 72.8 Å². The first-order valence-electron chi connectivity index (χ1n) is 28.6. The number of rotatable bonds is 16. The Bertz CT molecular complexity index is 4100. The summed E-state index contributed by atoms with van der Waals surface area (Å²) < 4.78 is 77.5. The number of para-hydroxylation sites is 4. The molecule has 4 fully saturated rings. The Morgan fingerprint density at radius 1 is 0.412 bits per heavy atom. The van der Waals surface area contributed by atoms with E-state index in [-0.39, 0.29) is 83.6 Å². The van der Waals surface area contributed by atoms with Crippen LogP contribution in [0.4, 0.5) is 42.4 Å². The van der Waals surface area contributed by atoms with Gasteiger partial charge in [-0.2, -0.15) is 19.9 Å². The van der Waals surface area contributed by atoms with Gasteiger partial charge in [-0.25, -0.2) is 38.4 Å². The third-order valence-electron chi connectivity index (χ3n) is 12.8. The van der Waals surface area contributed by atoms with Gasteiger partial charge >= 0.3 is 47.3 Å². The molecule has 0 saturated carbocycles. The Morgan fingerprint density at radius 2 is 0.691 bits per heavy atom. The van der Waals surface area contributed by atoms with Crippen LogP contribution in [0.5, 0.6) is 23.0 Å². The molecule has 512 valence electrons. The van der Waals surface area contributed by atoms with Gasteiger partial charge in [-0.1, -0.05) is 80.2 Å². The van der Waals surface area contributed by atoms with Crippen molar-refractivity contribution in [1.82, 2.24) is 38.2 Å². The number of nitrogens with one attached hydrogen (secondary N) is 2. The predicted molar refractivity (Wildman–Crippen MR) is 332 cm³/mol. The molecule has 36 heteroatoms. The molecule has 0 radical (unpaired) electrons. The van der Waals surface area contributed by atoms with Crippen molar-refractivity contribution in [3.8, 4) is 23.0 Å². The molecule has 36 nitrogen and oxygen atoms in total. The van der Waals surface area contributed by atoms with E-state index in [4.69, 9.17) is 88.0 Å². The van der Waals surface area contributed by atoms with Gasteiger partial charge in [0.05, 0.1) is 39.6 Å². The molecule has 0 unspecified atom stereocenters. The first-order valence-corrected chi connectivity index (χ1v) is 28.6. The van der Waals surface area contributed by atoms with Gasteiger partial charge in [-0.3, -0.25) is 28.9 Å². The standard InChI is InChI=1S/C22H19N3O8.2C15H15N3O6.C8H11N3O4.CH4/c26-20-23-17(24-21(27)31-15-7-3-1-4-8-15)11-12-25(20)18-13-29-19(33-18)14-30-22(28)32-16-9-5-2-6-10-16;19-8-13-22-9-12(24-13)18-7-6-11(16-14(18)20)17-15(21)23-10-4-2-1-3-5-10;16-11-6-7-18(14(19)17-11)12-8-21-13(24-12)9-22-15(20)23-10-4-2-1-3-5-10;9-5-1-2-11(8(13)10-5)6-4-14-7(3-12)15-6;/h1-12,18-19H,13-14H2,(H,23,24,26,27);1-7,12-13,19H,8-9H2,(H,16,17,20,21);1-7,12-13H,8-9H2,(H2,16,17,19);1-2,6-7,12H,3-4H2,(H2,9,10,13);1H4/t18-,19-;2*12-,13-;6-,7-;/m0000./s1. The molecular weight excluding hydrogens is 1280 g/mol. The number of anilines is 4. The number of amides is 2. The number of aliphatic hydroxyl groups excluding tert-OH is 2. The maximum atomic E-state index is 12.4. The van der Waals surface area contributed by atoms with Crippen LogP contribution in [0.1, 0.15) is 32.3 Å². The Balaban J connectivity index is 0.000000170. The maximum Gasteiger partial charge on any atom is 0.514 e. The second kappa shape index (κ2) is 35.8. The van der Waals surface area contributed by atoms with Gasteiger partial charge in [0, 0.05) is 24.8 Å². The van der Waals surface area contributed by atoms with E-state index in [2.05, 4.69) is 30.6 Å². The first kappa shape index (κ1) is 71.5. The molecule has 8 heterocycles. The number of nitrogen functional groups attached to an aromatic ring is 2. The number of aromatic nitrogens is 8. The maximum absolute atomic E-state index is 12.4. The van der Waals surface area contributed by atoms with Crippen LogP contribution in [0.3, 0.4) is 0 Å². The summed E-state index contributed by atoms with van der Waals surface area (Å²) >= 11 is 0. The highest BCUT2D eigenvalue weighted by atomic mass is 16.8. The predicted octanol–water partition coefficient (Wildman–Crippen LogP) is 3.90. The fourth-order valence-electron chi connectivity index (χ4n) is 8.37. The largest absolute Gasteiger partial charge is 0.514 e. The number of hydrogen-bond acceptors (Lipinski definition) is 30. The van der Waals surface area contributed by atoms with Gasteiger partial charge in [0.1, 0.15) is 59.5 Å². The van der Waals surface area contributed by atoms with Gasteiger partial charge in [0.15, 0.2) is 50.1 Å². The van der Waals surface area contributed by atoms with Gasteiger partial charge < -0.3 is 88.0 Å². The third-order valence-corrected chi connectivity index (χ3v) is 12.8. The molecule has 2 amide bonds. The highest BCUT2D eigenvalue weighted by Gasteiger charge is 2.32. The van der Waals surface area contributed by atoms with Crippen molar-refractivity contribution in [2.45, 2.75) is 57.5 Å². The number of benzene rings is 4. The summed E-state index contributed by atoms with van der Waals surface area (Å²) in [5.74, 6) is 1.78. The topological polar surface area (TPSA) is 454 Å². The second-order valence-corrected chi connectivity index (χ2v) is 19.5. The molecule has 0 spiro atoms. The number of nitrogens with two attached hydrogens (primary N) is 2. The van der Waals surface area contributed by atoms with Crippen LogP contribution in [0.25, 0.3) is 0 Å². The summed E-state index contributed by atoms with van der Waals surface area (Å²) in [4.78, 5) is 109. The first-order chi connectivity index (χ1) is 46.5. The van der Waals surface area contributed by atoms with E-state index in [1.54, 1.807) is 121 Å². The highest BCUT2D eigenvalue weighted by molar-refractivity contribution is 5.85. The van der Waals surface area contributed by atoms with E-state index >= 15 is 0 Å². The zero-order valence-corrected chi connectivity index (χ0v) is 50.0. The van der Waals surface area contributed by atoms with Crippen molar-refractivity contribution in [1.29, 1.82) is 0 Å². The van der Waals surface area contributed by atoms with E-state index in [1.807, 2.05) is 0 Å². The average Bonchev–Trinajstić information content (AvgIpc) is 1.81. The van der Waals surface area contributed by atoms with Gasteiger partial charge in [0.2, 0.25) is 0 Å². The third kappa shape index (κ3) is 21.9. The average molecular weight is 1350 g/mol. The quantitative estimate of drug-likeness (QED) is 0.0590. The minimum absolute atomic E-state index is 0. The zero-order valence-electron chi connectivity index (χ0n) is 50.0. The van der Waals surface area contributed by atoms with E-state index < -0.39 is 97.3 Å². The van der Waals surface area contributed by atoms with Crippen molar-refractivity contribution in [3.63, 3.8) is 0 Å². The SMILES string of the molecule is C.Nc1ccn([C@@H]2CO[C@H](CO)O2)c(=O)n1.Nc1ccn([C@@H]2CO[C@H](COC(=O)Oc3ccccc3)O2)c(=O)n1.O=C(Nc1ccn([C@@H]2CO[C@H](CO)O2)c(=O)n1)Oc1ccccc1.O=C(Nc1ccn([C@@H]2CO[C@H](COC(=O)Oc3ccccc3)O2)c(=O)n1)Oc1ccccc1. The van der Waals surface area contributed by atoms with E-state index in [0.717, 1.165) is 0 Å². The Hall–Kier alpha value is -11.3. The summed E-state index contributed by atoms with van der Waals surface area (Å²) in [7, 11) is 0. The minimum Gasteiger partial charge on any atom is -0.429 e. The summed E-state index contributed by atoms with van der Waals surface area (Å²) in [5.41, 5.74) is 8.43. The van der Waals surface area contributed by atoms with Crippen LogP contribution < -0.4 is 63.8 Å². The molecule has 4 aromatic heterocycles. The molecule has 97 heavy (non-hydrogen) atoms. The van der Waals surface area contributed by atoms with Crippen molar-refractivity contribution >= 4 is 47.8 Å². The molecule has 8 atom stereocenters. The zero-order chi connectivity index (χ0) is 67.8. The van der Waals surface area contributed by atoms with Crippen LogP contribution in [0.15, 0.2) is 190 Å². The van der Waals surface area contributed by atoms with Crippen LogP contribution in [-0.4, -0.2) is 151 Å². The highest BCUT2D eigenvalue weighted by Crippen LogP contribution is 2.24. The number of ether oxygens (including phenoxy) is 14. The molecule has 0 bridgehead atoms. The summed E-state index contributed by atoms with van der Waals surface area (Å²) in [6.07, 6.45) is -3.37. The molecule has 8 aromatic rings. The smallest absolute Gasteiger partial charge is 0.429 e. The molecule has 4 aliphatic heterocycles. The molecule has 8 N–H and O–H groups in total. The lowest BCUT2D eigenvalue weighted by Crippen LogP contribution is -2.30. The number of aliphatic hydroxyl groups is 2. The van der Waals surface area contributed by atoms with Crippen LogP contribution in [0, 0.1) is 0 Å². The Kier molecular flexibility index (Phi) is 26.4. The van der Waals surface area contributed by atoms with E-state index in [0.29, 0.717) is 23.0 Å². The lowest BCUT2D eigenvalue weighted by molar-refractivity contribution is -0.105. The van der Waals surface area contributed by atoms with Crippen LogP contribution >= 0.6 is 0 Å².